The summed E-state index contributed by atoms with van der Waals surface area (Å²) in [5.74, 6) is -0.0553. The zero-order chi connectivity index (χ0) is 20.6. The second-order valence-electron chi connectivity index (χ2n) is 11.0. The van der Waals surface area contributed by atoms with E-state index in [9.17, 15) is 9.90 Å². The Kier molecular flexibility index (Phi) is 4.52. The maximum Gasteiger partial charge on any atom is 0.309 e. The van der Waals surface area contributed by atoms with Crippen molar-refractivity contribution >= 4 is 5.97 Å². The van der Waals surface area contributed by atoms with Gasteiger partial charge >= 0.3 is 5.97 Å². The van der Waals surface area contributed by atoms with E-state index in [-0.39, 0.29) is 28.6 Å². The van der Waals surface area contributed by atoms with Gasteiger partial charge in [-0.3, -0.25) is 4.79 Å². The maximum absolute atomic E-state index is 12.8. The number of ether oxygens (including phenoxy) is 2. The highest BCUT2D eigenvalue weighted by atomic mass is 16.6. The Morgan fingerprint density at radius 2 is 2.03 bits per heavy atom. The molecule has 5 aliphatic rings. The average molecular weight is 404 g/mol. The standard InChI is InChI=1S/C24H37NO4/c1-15(2)24(27)10-9-22(14-29-24)17-7-5-16-6-8-18-19(21(26)28-4)11-23(22,20(16)18)13-25(3)12-17/h15,17-19,27H,5-14H2,1-4H3/t17?,18?,19-,22?,23-,24-/m1/s1. The van der Waals surface area contributed by atoms with E-state index in [1.807, 2.05) is 0 Å². The van der Waals surface area contributed by atoms with Gasteiger partial charge in [-0.05, 0) is 57.4 Å². The van der Waals surface area contributed by atoms with E-state index in [0.717, 1.165) is 38.8 Å². The Labute approximate surface area is 174 Å². The van der Waals surface area contributed by atoms with Crippen molar-refractivity contribution in [1.29, 1.82) is 0 Å². The van der Waals surface area contributed by atoms with Crippen molar-refractivity contribution in [3.63, 3.8) is 0 Å². The van der Waals surface area contributed by atoms with E-state index in [1.54, 1.807) is 11.1 Å². The molecule has 2 aliphatic heterocycles. The van der Waals surface area contributed by atoms with Crippen molar-refractivity contribution in [2.24, 2.45) is 34.5 Å². The second kappa shape index (κ2) is 6.54. The molecule has 3 fully saturated rings. The number of methoxy groups -OCH3 is 1. The van der Waals surface area contributed by atoms with Crippen molar-refractivity contribution in [3.8, 4) is 0 Å². The fourth-order valence-electron chi connectivity index (χ4n) is 8.17. The van der Waals surface area contributed by atoms with Crippen molar-refractivity contribution in [3.05, 3.63) is 11.1 Å². The Balaban J connectivity index is 1.62. The normalized spacial score (nSPS) is 46.9. The first-order chi connectivity index (χ1) is 13.8. The first-order valence-corrected chi connectivity index (χ1v) is 11.6. The van der Waals surface area contributed by atoms with Crippen LogP contribution in [0.1, 0.15) is 58.8 Å². The molecule has 1 saturated carbocycles. The van der Waals surface area contributed by atoms with E-state index < -0.39 is 5.79 Å². The number of allylic oxidation sites excluding steroid dienone is 1. The number of piperidine rings is 1. The third-order valence-corrected chi connectivity index (χ3v) is 9.59. The van der Waals surface area contributed by atoms with Crippen LogP contribution in [0, 0.1) is 34.5 Å². The summed E-state index contributed by atoms with van der Waals surface area (Å²) in [6, 6.07) is 0. The highest BCUT2D eigenvalue weighted by Crippen LogP contribution is 2.71. The van der Waals surface area contributed by atoms with Gasteiger partial charge in [-0.1, -0.05) is 25.0 Å². The molecule has 2 bridgehead atoms. The molecular formula is C24H37NO4. The summed E-state index contributed by atoms with van der Waals surface area (Å²) in [6.45, 7) is 6.83. The molecule has 29 heavy (non-hydrogen) atoms. The number of carbonyl (C=O) groups excluding carboxylic acids is 1. The van der Waals surface area contributed by atoms with E-state index in [0.29, 0.717) is 24.9 Å². The van der Waals surface area contributed by atoms with Crippen LogP contribution in [0.25, 0.3) is 0 Å². The van der Waals surface area contributed by atoms with Gasteiger partial charge in [0, 0.05) is 36.3 Å². The lowest BCUT2D eigenvalue weighted by Crippen LogP contribution is -2.64. The number of carbonyl (C=O) groups is 1. The number of aliphatic hydroxyl groups is 1. The summed E-state index contributed by atoms with van der Waals surface area (Å²) < 4.78 is 11.6. The molecule has 3 aliphatic carbocycles. The van der Waals surface area contributed by atoms with Crippen LogP contribution >= 0.6 is 0 Å². The summed E-state index contributed by atoms with van der Waals surface area (Å²) in [6.07, 6.45) is 7.24. The number of likely N-dealkylation sites (tertiary alicyclic amines) is 1. The fourth-order valence-corrected chi connectivity index (χ4v) is 8.17. The predicted molar refractivity (Wildman–Crippen MR) is 110 cm³/mol. The van der Waals surface area contributed by atoms with Gasteiger partial charge in [0.15, 0.2) is 5.79 Å². The van der Waals surface area contributed by atoms with Gasteiger partial charge in [0.1, 0.15) is 0 Å². The molecule has 2 heterocycles. The van der Waals surface area contributed by atoms with Crippen molar-refractivity contribution < 1.29 is 19.4 Å². The van der Waals surface area contributed by atoms with Crippen LogP contribution in [0.5, 0.6) is 0 Å². The molecule has 0 radical (unpaired) electrons. The largest absolute Gasteiger partial charge is 0.469 e. The summed E-state index contributed by atoms with van der Waals surface area (Å²) in [4.78, 5) is 15.3. The van der Waals surface area contributed by atoms with E-state index in [1.165, 1.54) is 20.0 Å². The first-order valence-electron chi connectivity index (χ1n) is 11.6. The predicted octanol–water partition coefficient (Wildman–Crippen LogP) is 3.37. The summed E-state index contributed by atoms with van der Waals surface area (Å²) in [5.41, 5.74) is 3.28. The van der Waals surface area contributed by atoms with Gasteiger partial charge in [0.2, 0.25) is 0 Å². The highest BCUT2D eigenvalue weighted by Gasteiger charge is 2.69. The molecule has 5 heteroatoms. The molecule has 2 saturated heterocycles. The number of nitrogens with zero attached hydrogens (tertiary/aromatic N) is 1. The monoisotopic (exact) mass is 403 g/mol. The van der Waals surface area contributed by atoms with Crippen molar-refractivity contribution in [2.75, 3.05) is 33.9 Å². The van der Waals surface area contributed by atoms with Gasteiger partial charge in [0.05, 0.1) is 19.6 Å². The SMILES string of the molecule is COC(=O)[C@@H]1C[C@@]23CN(C)CC(CCC4=C2C1CC4)C31CC[C@](O)(C(C)C)OC1. The van der Waals surface area contributed by atoms with Gasteiger partial charge < -0.3 is 19.5 Å². The Hall–Kier alpha value is -0.910. The van der Waals surface area contributed by atoms with Crippen molar-refractivity contribution in [1.82, 2.24) is 4.90 Å². The smallest absolute Gasteiger partial charge is 0.309 e. The molecule has 0 aromatic rings. The molecule has 5 rings (SSSR count). The molecule has 2 spiro atoms. The van der Waals surface area contributed by atoms with Gasteiger partial charge in [-0.25, -0.2) is 0 Å². The van der Waals surface area contributed by atoms with Gasteiger partial charge in [0.25, 0.3) is 0 Å². The molecule has 6 atom stereocenters. The minimum absolute atomic E-state index is 0.00513. The van der Waals surface area contributed by atoms with E-state index in [4.69, 9.17) is 9.47 Å². The molecule has 0 aromatic heterocycles. The molecular weight excluding hydrogens is 366 g/mol. The summed E-state index contributed by atoms with van der Waals surface area (Å²) in [7, 11) is 3.78. The molecule has 3 unspecified atom stereocenters. The molecule has 0 aromatic carbocycles. The Morgan fingerprint density at radius 1 is 1.28 bits per heavy atom. The number of hydrogen-bond acceptors (Lipinski definition) is 5. The van der Waals surface area contributed by atoms with Gasteiger partial charge in [-0.2, -0.15) is 0 Å². The minimum atomic E-state index is -1.01. The lowest BCUT2D eigenvalue weighted by molar-refractivity contribution is -0.300. The number of esters is 1. The lowest BCUT2D eigenvalue weighted by atomic mass is 9.50. The van der Waals surface area contributed by atoms with Crippen LogP contribution in [0.2, 0.25) is 0 Å². The number of hydrogen-bond donors (Lipinski definition) is 1. The van der Waals surface area contributed by atoms with Crippen LogP contribution in [0.3, 0.4) is 0 Å². The zero-order valence-electron chi connectivity index (χ0n) is 18.5. The van der Waals surface area contributed by atoms with Gasteiger partial charge in [-0.15, -0.1) is 0 Å². The summed E-state index contributed by atoms with van der Waals surface area (Å²) in [5, 5.41) is 11.1. The quantitative estimate of drug-likeness (QED) is 0.566. The third-order valence-electron chi connectivity index (χ3n) is 9.59. The average Bonchev–Trinajstić information content (AvgIpc) is 3.23. The third kappa shape index (κ3) is 2.53. The Morgan fingerprint density at radius 3 is 2.69 bits per heavy atom. The van der Waals surface area contributed by atoms with E-state index >= 15 is 0 Å². The van der Waals surface area contributed by atoms with Crippen LogP contribution < -0.4 is 0 Å². The first kappa shape index (κ1) is 20.0. The van der Waals surface area contributed by atoms with Crippen LogP contribution in [-0.4, -0.2) is 55.6 Å². The molecule has 1 N–H and O–H groups in total. The van der Waals surface area contributed by atoms with Crippen LogP contribution in [0.4, 0.5) is 0 Å². The lowest BCUT2D eigenvalue weighted by Gasteiger charge is -2.62. The zero-order valence-corrected chi connectivity index (χ0v) is 18.5. The molecule has 5 nitrogen and oxygen atoms in total. The van der Waals surface area contributed by atoms with Crippen LogP contribution in [0.15, 0.2) is 11.1 Å². The topological polar surface area (TPSA) is 59.0 Å². The summed E-state index contributed by atoms with van der Waals surface area (Å²) >= 11 is 0. The van der Waals surface area contributed by atoms with Crippen molar-refractivity contribution in [2.45, 2.75) is 64.6 Å². The second-order valence-corrected chi connectivity index (χ2v) is 11.0. The van der Waals surface area contributed by atoms with Crippen LogP contribution in [-0.2, 0) is 14.3 Å². The highest BCUT2D eigenvalue weighted by molar-refractivity contribution is 5.75. The molecule has 0 amide bonds. The molecule has 162 valence electrons. The number of rotatable bonds is 2. The van der Waals surface area contributed by atoms with E-state index in [2.05, 4.69) is 25.8 Å². The minimum Gasteiger partial charge on any atom is -0.469 e. The Bertz CT molecular complexity index is 735. The maximum atomic E-state index is 12.8. The fraction of sp³-hybridized carbons (Fsp3) is 0.875.